The summed E-state index contributed by atoms with van der Waals surface area (Å²) in [5, 5.41) is 17.5. The van der Waals surface area contributed by atoms with Gasteiger partial charge in [-0.1, -0.05) is 27.2 Å². The first kappa shape index (κ1) is 16.0. The molecule has 0 aliphatic carbocycles. The zero-order valence-corrected chi connectivity index (χ0v) is 9.20. The van der Waals surface area contributed by atoms with Crippen molar-refractivity contribution in [3.63, 3.8) is 0 Å². The predicted octanol–water partition coefficient (Wildman–Crippen LogP) is -1.29. The summed E-state index contributed by atoms with van der Waals surface area (Å²) in [6, 6.07) is 0. The van der Waals surface area contributed by atoms with Crippen LogP contribution >= 0.6 is 0 Å². The standard InChI is InChI=1S/C9H16O4.Li.H/c1-4-5-9(2,3)6(7(10)11)8(12)13;;/h6H,4-5H2,1-3H3,(H,10,11)(H,12,13);;/q;+1;-1. The Kier molecular flexibility index (Phi) is 6.97. The molecule has 0 aliphatic heterocycles. The van der Waals surface area contributed by atoms with Crippen molar-refractivity contribution < 1.29 is 40.1 Å². The summed E-state index contributed by atoms with van der Waals surface area (Å²) in [6.45, 7) is 5.25. The first-order valence-corrected chi connectivity index (χ1v) is 4.28. The Morgan fingerprint density at radius 2 is 1.64 bits per heavy atom. The average molecular weight is 196 g/mol. The molecule has 0 radical (unpaired) electrons. The molecule has 0 aromatic heterocycles. The summed E-state index contributed by atoms with van der Waals surface area (Å²) in [5.41, 5.74) is -0.688. The van der Waals surface area contributed by atoms with Gasteiger partial charge in [0, 0.05) is 0 Å². The van der Waals surface area contributed by atoms with E-state index in [-0.39, 0.29) is 20.3 Å². The van der Waals surface area contributed by atoms with Crippen LogP contribution in [0.2, 0.25) is 0 Å². The minimum atomic E-state index is -1.31. The normalized spacial score (nSPS) is 10.9. The second-order valence-electron chi connectivity index (χ2n) is 3.85. The van der Waals surface area contributed by atoms with E-state index in [9.17, 15) is 9.59 Å². The maximum atomic E-state index is 10.7. The molecule has 0 saturated carbocycles. The second kappa shape index (κ2) is 6.10. The molecule has 78 valence electrons. The largest absolute Gasteiger partial charge is 1.00 e. The van der Waals surface area contributed by atoms with Crippen LogP contribution in [0, 0.1) is 11.3 Å². The third-order valence-electron chi connectivity index (χ3n) is 2.17. The molecule has 0 aromatic carbocycles. The van der Waals surface area contributed by atoms with Gasteiger partial charge in [-0.15, -0.1) is 0 Å². The van der Waals surface area contributed by atoms with Crippen LogP contribution in [-0.4, -0.2) is 22.2 Å². The monoisotopic (exact) mass is 196 g/mol. The van der Waals surface area contributed by atoms with Crippen molar-refractivity contribution in [1.29, 1.82) is 0 Å². The van der Waals surface area contributed by atoms with E-state index < -0.39 is 23.3 Å². The third-order valence-corrected chi connectivity index (χ3v) is 2.17. The van der Waals surface area contributed by atoms with Crippen LogP contribution in [0.25, 0.3) is 0 Å². The van der Waals surface area contributed by atoms with Crippen LogP contribution in [-0.2, 0) is 9.59 Å². The molecule has 0 amide bonds. The number of hydrogen-bond acceptors (Lipinski definition) is 2. The summed E-state index contributed by atoms with van der Waals surface area (Å²) in [7, 11) is 0. The van der Waals surface area contributed by atoms with Crippen LogP contribution < -0.4 is 18.9 Å². The fourth-order valence-corrected chi connectivity index (χ4v) is 1.56. The fraction of sp³-hybridized carbons (Fsp3) is 0.778. The molecule has 0 spiro atoms. The maximum Gasteiger partial charge on any atom is 1.00 e. The van der Waals surface area contributed by atoms with Gasteiger partial charge in [0.2, 0.25) is 0 Å². The van der Waals surface area contributed by atoms with Gasteiger partial charge in [-0.3, -0.25) is 9.59 Å². The van der Waals surface area contributed by atoms with E-state index in [1.165, 1.54) is 0 Å². The predicted molar refractivity (Wildman–Crippen MR) is 48.6 cm³/mol. The Hall–Kier alpha value is -0.463. The Morgan fingerprint density at radius 3 is 1.86 bits per heavy atom. The molecule has 0 aromatic rings. The number of carbonyl (C=O) groups is 2. The molecule has 0 bridgehead atoms. The summed E-state index contributed by atoms with van der Waals surface area (Å²) in [4.78, 5) is 21.4. The van der Waals surface area contributed by atoms with Crippen molar-refractivity contribution in [3.05, 3.63) is 0 Å². The van der Waals surface area contributed by atoms with Crippen LogP contribution in [0.15, 0.2) is 0 Å². The van der Waals surface area contributed by atoms with E-state index in [1.807, 2.05) is 6.92 Å². The molecule has 0 rings (SSSR count). The van der Waals surface area contributed by atoms with Crippen molar-refractivity contribution in [3.8, 4) is 0 Å². The van der Waals surface area contributed by atoms with Gasteiger partial charge >= 0.3 is 30.8 Å². The third kappa shape index (κ3) is 4.17. The zero-order valence-electron chi connectivity index (χ0n) is 10.2. The summed E-state index contributed by atoms with van der Waals surface area (Å²) in [6.07, 6.45) is 1.38. The van der Waals surface area contributed by atoms with Crippen LogP contribution in [0.4, 0.5) is 0 Å². The van der Waals surface area contributed by atoms with Gasteiger partial charge in [0.05, 0.1) is 0 Å². The van der Waals surface area contributed by atoms with Crippen molar-refractivity contribution in [2.24, 2.45) is 11.3 Å². The van der Waals surface area contributed by atoms with Crippen molar-refractivity contribution in [1.82, 2.24) is 0 Å². The van der Waals surface area contributed by atoms with E-state index >= 15 is 0 Å². The number of rotatable bonds is 5. The Morgan fingerprint density at radius 1 is 1.29 bits per heavy atom. The molecule has 0 atom stereocenters. The van der Waals surface area contributed by atoms with Crippen LogP contribution in [0.1, 0.15) is 35.0 Å². The minimum Gasteiger partial charge on any atom is -1.00 e. The molecule has 0 aliphatic rings. The number of carboxylic acid groups (broad SMARTS) is 2. The van der Waals surface area contributed by atoms with E-state index in [4.69, 9.17) is 10.2 Å². The molecule has 0 fully saturated rings. The molecule has 14 heavy (non-hydrogen) atoms. The van der Waals surface area contributed by atoms with Crippen LogP contribution in [0.5, 0.6) is 0 Å². The van der Waals surface area contributed by atoms with Gasteiger partial charge in [-0.25, -0.2) is 0 Å². The van der Waals surface area contributed by atoms with Gasteiger partial charge in [0.25, 0.3) is 0 Å². The molecule has 5 heteroatoms. The molecule has 4 nitrogen and oxygen atoms in total. The molecule has 0 unspecified atom stereocenters. The first-order chi connectivity index (χ1) is 5.83. The summed E-state index contributed by atoms with van der Waals surface area (Å²) >= 11 is 0. The van der Waals surface area contributed by atoms with Crippen LogP contribution in [0.3, 0.4) is 0 Å². The van der Waals surface area contributed by atoms with Gasteiger partial charge in [-0.05, 0) is 11.8 Å². The topological polar surface area (TPSA) is 74.6 Å². The minimum absolute atomic E-state index is 0. The van der Waals surface area contributed by atoms with Crippen molar-refractivity contribution in [2.75, 3.05) is 0 Å². The number of carboxylic acids is 2. The fourth-order valence-electron chi connectivity index (χ4n) is 1.56. The quantitative estimate of drug-likeness (QED) is 0.424. The van der Waals surface area contributed by atoms with E-state index in [1.54, 1.807) is 13.8 Å². The van der Waals surface area contributed by atoms with Gasteiger partial charge in [-0.2, -0.15) is 0 Å². The first-order valence-electron chi connectivity index (χ1n) is 4.28. The van der Waals surface area contributed by atoms with Crippen molar-refractivity contribution >= 4 is 11.9 Å². The smallest absolute Gasteiger partial charge is 1.00 e. The number of hydrogen-bond donors (Lipinski definition) is 2. The molecular formula is C9H17LiO4. The Labute approximate surface area is 97.4 Å². The van der Waals surface area contributed by atoms with Gasteiger partial charge in [0.1, 0.15) is 0 Å². The zero-order chi connectivity index (χ0) is 10.6. The Bertz CT molecular complexity index is 204. The van der Waals surface area contributed by atoms with Gasteiger partial charge in [0.15, 0.2) is 5.92 Å². The maximum absolute atomic E-state index is 10.7. The van der Waals surface area contributed by atoms with Gasteiger partial charge < -0.3 is 11.6 Å². The molecule has 2 N–H and O–H groups in total. The average Bonchev–Trinajstić information content (AvgIpc) is 1.82. The second-order valence-corrected chi connectivity index (χ2v) is 3.85. The SMILES string of the molecule is CCCC(C)(C)C(C(=O)O)C(=O)O.[H-].[Li+]. The molecule has 0 heterocycles. The number of aliphatic carboxylic acids is 2. The van der Waals surface area contributed by atoms with E-state index in [0.29, 0.717) is 6.42 Å². The summed E-state index contributed by atoms with van der Waals surface area (Å²) in [5.74, 6) is -3.83. The molecule has 0 saturated heterocycles. The molecular weight excluding hydrogens is 179 g/mol. The summed E-state index contributed by atoms with van der Waals surface area (Å²) < 4.78 is 0. The Balaban J connectivity index is -0.000000720. The van der Waals surface area contributed by atoms with E-state index in [2.05, 4.69) is 0 Å². The van der Waals surface area contributed by atoms with Crippen molar-refractivity contribution in [2.45, 2.75) is 33.6 Å². The van der Waals surface area contributed by atoms with E-state index in [0.717, 1.165) is 6.42 Å².